The molecule has 5 rings (SSSR count). The molecular weight excluding hydrogens is 250 g/mol. The maximum Gasteiger partial charge on any atom is 0.176 e. The highest BCUT2D eigenvalue weighted by Gasteiger charge is 2.34. The van der Waals surface area contributed by atoms with Gasteiger partial charge in [-0.05, 0) is 50.0 Å². The fourth-order valence-electron chi connectivity index (χ4n) is 3.41. The molecule has 1 unspecified atom stereocenters. The van der Waals surface area contributed by atoms with Crippen molar-refractivity contribution in [3.8, 4) is 5.82 Å². The Morgan fingerprint density at radius 1 is 1.15 bits per heavy atom. The van der Waals surface area contributed by atoms with Crippen molar-refractivity contribution in [3.05, 3.63) is 36.8 Å². The van der Waals surface area contributed by atoms with Gasteiger partial charge in [0.25, 0.3) is 0 Å². The van der Waals surface area contributed by atoms with Crippen LogP contribution in [-0.4, -0.2) is 45.3 Å². The summed E-state index contributed by atoms with van der Waals surface area (Å²) < 4.78 is 1.82. The van der Waals surface area contributed by atoms with E-state index < -0.39 is 0 Å². The van der Waals surface area contributed by atoms with E-state index in [4.69, 9.17) is 0 Å². The van der Waals surface area contributed by atoms with Crippen LogP contribution in [0.3, 0.4) is 0 Å². The van der Waals surface area contributed by atoms with Crippen LogP contribution in [0.5, 0.6) is 0 Å². The molecule has 0 saturated carbocycles. The molecule has 1 N–H and O–H groups in total. The Morgan fingerprint density at radius 3 is 2.75 bits per heavy atom. The van der Waals surface area contributed by atoms with Crippen LogP contribution in [0.2, 0.25) is 0 Å². The molecule has 3 fully saturated rings. The molecule has 5 nitrogen and oxygen atoms in total. The first-order chi connectivity index (χ1) is 9.90. The lowest BCUT2D eigenvalue weighted by molar-refractivity contribution is 0.0975. The van der Waals surface area contributed by atoms with Gasteiger partial charge in [-0.2, -0.15) is 5.10 Å². The Balaban J connectivity index is 1.60. The molecule has 2 aromatic rings. The lowest BCUT2D eigenvalue weighted by Gasteiger charge is -2.45. The fraction of sp³-hybridized carbons (Fsp3) is 0.467. The second-order valence-electron chi connectivity index (χ2n) is 5.71. The summed E-state index contributed by atoms with van der Waals surface area (Å²) in [5.74, 6) is 1.68. The van der Waals surface area contributed by atoms with Gasteiger partial charge in [0.2, 0.25) is 0 Å². The molecule has 0 spiro atoms. The summed E-state index contributed by atoms with van der Waals surface area (Å²) in [4.78, 5) is 7.03. The summed E-state index contributed by atoms with van der Waals surface area (Å²) in [6.07, 6.45) is 8.17. The maximum absolute atomic E-state index is 4.47. The van der Waals surface area contributed by atoms with E-state index in [1.165, 1.54) is 25.9 Å². The summed E-state index contributed by atoms with van der Waals surface area (Å²) in [7, 11) is 0. The van der Waals surface area contributed by atoms with Gasteiger partial charge >= 0.3 is 0 Å². The van der Waals surface area contributed by atoms with E-state index >= 15 is 0 Å². The first-order valence-electron chi connectivity index (χ1n) is 7.34. The molecule has 3 aliphatic rings. The molecule has 1 atom stereocenters. The molecule has 20 heavy (non-hydrogen) atoms. The van der Waals surface area contributed by atoms with Crippen molar-refractivity contribution in [2.45, 2.75) is 18.9 Å². The predicted molar refractivity (Wildman–Crippen MR) is 77.9 cm³/mol. The Labute approximate surface area is 118 Å². The topological polar surface area (TPSA) is 46.0 Å². The molecule has 3 saturated heterocycles. The summed E-state index contributed by atoms with van der Waals surface area (Å²) in [6, 6.07) is 6.54. The minimum Gasteiger partial charge on any atom is -0.378 e. The Hall–Kier alpha value is -1.88. The highest BCUT2D eigenvalue weighted by atomic mass is 15.3. The number of hydrogen-bond donors (Lipinski definition) is 1. The number of piperidine rings is 3. The molecule has 104 valence electrons. The second-order valence-corrected chi connectivity index (χ2v) is 5.71. The number of pyridine rings is 1. The Bertz CT molecular complexity index is 572. The van der Waals surface area contributed by atoms with Crippen molar-refractivity contribution in [2.75, 3.05) is 25.0 Å². The minimum absolute atomic E-state index is 0.538. The molecule has 5 heterocycles. The number of anilines is 1. The number of rotatable bonds is 3. The molecule has 3 aliphatic heterocycles. The molecule has 0 aliphatic carbocycles. The van der Waals surface area contributed by atoms with E-state index in [9.17, 15) is 0 Å². The van der Waals surface area contributed by atoms with Crippen LogP contribution in [0.15, 0.2) is 36.8 Å². The van der Waals surface area contributed by atoms with Crippen LogP contribution < -0.4 is 5.32 Å². The van der Waals surface area contributed by atoms with E-state index in [0.717, 1.165) is 24.0 Å². The first kappa shape index (κ1) is 11.9. The van der Waals surface area contributed by atoms with Crippen LogP contribution >= 0.6 is 0 Å². The Morgan fingerprint density at radius 2 is 2.05 bits per heavy atom. The Kier molecular flexibility index (Phi) is 2.92. The average Bonchev–Trinajstić information content (AvgIpc) is 3.03. The second kappa shape index (κ2) is 4.90. The third kappa shape index (κ3) is 2.08. The van der Waals surface area contributed by atoms with Crippen LogP contribution in [0.25, 0.3) is 5.82 Å². The molecular formula is C15H19N5. The van der Waals surface area contributed by atoms with E-state index in [-0.39, 0.29) is 0 Å². The number of fused-ring (bicyclic) bond motifs is 3. The summed E-state index contributed by atoms with van der Waals surface area (Å²) in [6.45, 7) is 3.68. The zero-order chi connectivity index (χ0) is 13.4. The quantitative estimate of drug-likeness (QED) is 0.922. The minimum atomic E-state index is 0.538. The lowest BCUT2D eigenvalue weighted by atomic mass is 9.84. The average molecular weight is 269 g/mol. The summed E-state index contributed by atoms with van der Waals surface area (Å²) in [5.41, 5.74) is 1.08. The van der Waals surface area contributed by atoms with Crippen molar-refractivity contribution in [2.24, 2.45) is 5.92 Å². The van der Waals surface area contributed by atoms with Crippen molar-refractivity contribution in [1.29, 1.82) is 0 Å². The van der Waals surface area contributed by atoms with Crippen molar-refractivity contribution in [3.63, 3.8) is 0 Å². The highest BCUT2D eigenvalue weighted by molar-refractivity contribution is 5.57. The standard InChI is InChI=1S/C15H19N5/c1-3-13(15(16-6-1)20-8-2-7-17-20)18-14-11-19-9-4-12(14)5-10-19/h1-3,6-8,12,14,18H,4-5,9-11H2. The molecule has 2 aromatic heterocycles. The third-order valence-electron chi connectivity index (χ3n) is 4.51. The molecule has 0 amide bonds. The lowest BCUT2D eigenvalue weighted by Crippen LogP contribution is -2.53. The van der Waals surface area contributed by atoms with Crippen LogP contribution in [0.1, 0.15) is 12.8 Å². The zero-order valence-electron chi connectivity index (χ0n) is 11.4. The molecule has 2 bridgehead atoms. The molecule has 5 heteroatoms. The van der Waals surface area contributed by atoms with E-state index in [1.807, 2.05) is 29.2 Å². The third-order valence-corrected chi connectivity index (χ3v) is 4.51. The molecule has 0 radical (unpaired) electrons. The van der Waals surface area contributed by atoms with Gasteiger partial charge < -0.3 is 10.2 Å². The number of nitrogens with zero attached hydrogens (tertiary/aromatic N) is 4. The van der Waals surface area contributed by atoms with Crippen molar-refractivity contribution in [1.82, 2.24) is 19.7 Å². The van der Waals surface area contributed by atoms with E-state index in [2.05, 4.69) is 26.4 Å². The van der Waals surface area contributed by atoms with Gasteiger partial charge in [0.15, 0.2) is 5.82 Å². The zero-order valence-corrected chi connectivity index (χ0v) is 11.4. The van der Waals surface area contributed by atoms with Crippen molar-refractivity contribution < 1.29 is 0 Å². The van der Waals surface area contributed by atoms with E-state index in [1.54, 1.807) is 6.20 Å². The van der Waals surface area contributed by atoms with Gasteiger partial charge in [-0.1, -0.05) is 0 Å². The van der Waals surface area contributed by atoms with Crippen LogP contribution in [0.4, 0.5) is 5.69 Å². The van der Waals surface area contributed by atoms with Gasteiger partial charge in [0.05, 0.1) is 5.69 Å². The monoisotopic (exact) mass is 269 g/mol. The smallest absolute Gasteiger partial charge is 0.176 e. The highest BCUT2D eigenvalue weighted by Crippen LogP contribution is 2.30. The largest absolute Gasteiger partial charge is 0.378 e. The number of aromatic nitrogens is 3. The van der Waals surface area contributed by atoms with Gasteiger partial charge in [-0.3, -0.25) is 0 Å². The first-order valence-corrected chi connectivity index (χ1v) is 7.34. The van der Waals surface area contributed by atoms with Crippen molar-refractivity contribution >= 4 is 5.69 Å². The number of hydrogen-bond acceptors (Lipinski definition) is 4. The predicted octanol–water partition coefficient (Wildman–Crippen LogP) is 1.77. The van der Waals surface area contributed by atoms with E-state index in [0.29, 0.717) is 6.04 Å². The maximum atomic E-state index is 4.47. The molecule has 0 aromatic carbocycles. The van der Waals surface area contributed by atoms with Gasteiger partial charge in [0.1, 0.15) is 0 Å². The van der Waals surface area contributed by atoms with Crippen LogP contribution in [-0.2, 0) is 0 Å². The summed E-state index contributed by atoms with van der Waals surface area (Å²) in [5, 5.41) is 8.00. The fourth-order valence-corrected chi connectivity index (χ4v) is 3.41. The normalized spacial score (nSPS) is 28.5. The summed E-state index contributed by atoms with van der Waals surface area (Å²) >= 11 is 0. The number of nitrogens with one attached hydrogen (secondary N) is 1. The van der Waals surface area contributed by atoms with Crippen LogP contribution in [0, 0.1) is 5.92 Å². The van der Waals surface area contributed by atoms with Gasteiger partial charge in [-0.15, -0.1) is 0 Å². The SMILES string of the molecule is c1cnc(-n2cccn2)c(NC2CN3CCC2CC3)c1. The van der Waals surface area contributed by atoms with Gasteiger partial charge in [0, 0.05) is 31.2 Å². The van der Waals surface area contributed by atoms with Gasteiger partial charge in [-0.25, -0.2) is 9.67 Å².